The van der Waals surface area contributed by atoms with Crippen LogP contribution in [0, 0.1) is 0 Å². The molecule has 0 aromatic carbocycles. The van der Waals surface area contributed by atoms with Gasteiger partial charge >= 0.3 is 0 Å². The Kier molecular flexibility index (Phi) is 2.43. The zero-order chi connectivity index (χ0) is 9.97. The summed E-state index contributed by atoms with van der Waals surface area (Å²) in [4.78, 5) is 4.15. The highest BCUT2D eigenvalue weighted by atomic mass is 16.3. The molecular formula is C9H12N4O. The fourth-order valence-corrected chi connectivity index (χ4v) is 1.40. The van der Waals surface area contributed by atoms with Crippen molar-refractivity contribution in [2.24, 2.45) is 5.73 Å². The minimum atomic E-state index is -0.611. The molecule has 74 valence electrons. The summed E-state index contributed by atoms with van der Waals surface area (Å²) in [7, 11) is 0. The molecule has 0 saturated heterocycles. The summed E-state index contributed by atoms with van der Waals surface area (Å²) in [5, 5.41) is 16.5. The van der Waals surface area contributed by atoms with Crippen LogP contribution >= 0.6 is 0 Å². The van der Waals surface area contributed by atoms with E-state index < -0.39 is 6.10 Å². The average molecular weight is 192 g/mol. The predicted molar refractivity (Wildman–Crippen MR) is 52.5 cm³/mol. The van der Waals surface area contributed by atoms with E-state index >= 15 is 0 Å². The molecule has 0 amide bonds. The highest BCUT2D eigenvalue weighted by molar-refractivity contribution is 5.76. The number of fused-ring (bicyclic) bond motifs is 1. The van der Waals surface area contributed by atoms with E-state index in [1.165, 1.54) is 0 Å². The molecule has 0 aliphatic heterocycles. The highest BCUT2D eigenvalue weighted by Crippen LogP contribution is 2.20. The number of aliphatic hydroxyl groups is 1. The summed E-state index contributed by atoms with van der Waals surface area (Å²) >= 11 is 0. The Labute approximate surface area is 81.0 Å². The molecule has 0 bridgehead atoms. The van der Waals surface area contributed by atoms with Gasteiger partial charge < -0.3 is 10.8 Å². The van der Waals surface area contributed by atoms with Gasteiger partial charge in [-0.15, -0.1) is 0 Å². The Morgan fingerprint density at radius 2 is 2.43 bits per heavy atom. The van der Waals surface area contributed by atoms with Crippen molar-refractivity contribution in [1.82, 2.24) is 15.2 Å². The maximum atomic E-state index is 9.72. The van der Waals surface area contributed by atoms with Gasteiger partial charge in [0.25, 0.3) is 0 Å². The Bertz CT molecular complexity index is 425. The van der Waals surface area contributed by atoms with Crippen LogP contribution in [0.2, 0.25) is 0 Å². The van der Waals surface area contributed by atoms with Crippen LogP contribution in [0.3, 0.4) is 0 Å². The Morgan fingerprint density at radius 1 is 1.57 bits per heavy atom. The van der Waals surface area contributed by atoms with E-state index in [0.29, 0.717) is 24.2 Å². The smallest absolute Gasteiger partial charge is 0.114 e. The van der Waals surface area contributed by atoms with Crippen LogP contribution in [0.15, 0.2) is 18.3 Å². The number of aromatic amines is 1. The SMILES string of the molecule is NCCC(O)c1[nH]nc2cccnc12. The van der Waals surface area contributed by atoms with E-state index in [-0.39, 0.29) is 0 Å². The largest absolute Gasteiger partial charge is 0.387 e. The van der Waals surface area contributed by atoms with E-state index in [2.05, 4.69) is 15.2 Å². The molecule has 0 aliphatic rings. The van der Waals surface area contributed by atoms with E-state index in [4.69, 9.17) is 5.73 Å². The lowest BCUT2D eigenvalue weighted by molar-refractivity contribution is 0.166. The van der Waals surface area contributed by atoms with E-state index in [0.717, 1.165) is 5.52 Å². The number of nitrogens with zero attached hydrogens (tertiary/aromatic N) is 2. The Hall–Kier alpha value is -1.46. The zero-order valence-corrected chi connectivity index (χ0v) is 7.64. The Morgan fingerprint density at radius 3 is 3.21 bits per heavy atom. The molecule has 0 saturated carbocycles. The van der Waals surface area contributed by atoms with Crippen LogP contribution in [0.1, 0.15) is 18.2 Å². The lowest BCUT2D eigenvalue weighted by Gasteiger charge is -2.05. The number of H-pyrrole nitrogens is 1. The number of aromatic nitrogens is 3. The third kappa shape index (κ3) is 1.47. The first-order chi connectivity index (χ1) is 6.83. The van der Waals surface area contributed by atoms with Gasteiger partial charge in [-0.05, 0) is 25.1 Å². The first kappa shape index (κ1) is 9.11. The van der Waals surface area contributed by atoms with Gasteiger partial charge in [0.05, 0.1) is 11.8 Å². The normalized spacial score (nSPS) is 13.3. The minimum absolute atomic E-state index is 0.439. The molecule has 5 heteroatoms. The van der Waals surface area contributed by atoms with E-state index in [1.54, 1.807) is 6.20 Å². The molecule has 0 radical (unpaired) electrons. The molecule has 2 aromatic heterocycles. The van der Waals surface area contributed by atoms with Crippen LogP contribution in [0.25, 0.3) is 11.0 Å². The summed E-state index contributed by atoms with van der Waals surface area (Å²) in [6.45, 7) is 0.439. The van der Waals surface area contributed by atoms with Crippen LogP contribution < -0.4 is 5.73 Å². The van der Waals surface area contributed by atoms with Crippen molar-refractivity contribution in [3.63, 3.8) is 0 Å². The van der Waals surface area contributed by atoms with Crippen LogP contribution in [0.5, 0.6) is 0 Å². The van der Waals surface area contributed by atoms with E-state index in [9.17, 15) is 5.11 Å². The average Bonchev–Trinajstić information content (AvgIpc) is 2.61. The summed E-state index contributed by atoms with van der Waals surface area (Å²) < 4.78 is 0. The third-order valence-electron chi connectivity index (χ3n) is 2.11. The molecule has 1 unspecified atom stereocenters. The second-order valence-electron chi connectivity index (χ2n) is 3.10. The highest BCUT2D eigenvalue weighted by Gasteiger charge is 2.13. The zero-order valence-electron chi connectivity index (χ0n) is 7.64. The fourth-order valence-electron chi connectivity index (χ4n) is 1.40. The van der Waals surface area contributed by atoms with Gasteiger partial charge in [0, 0.05) is 6.20 Å². The van der Waals surface area contributed by atoms with E-state index in [1.807, 2.05) is 12.1 Å². The van der Waals surface area contributed by atoms with Crippen LogP contribution in [0.4, 0.5) is 0 Å². The first-order valence-corrected chi connectivity index (χ1v) is 4.50. The molecule has 1 atom stereocenters. The van der Waals surface area contributed by atoms with Gasteiger partial charge in [-0.3, -0.25) is 10.1 Å². The van der Waals surface area contributed by atoms with Gasteiger partial charge in [-0.2, -0.15) is 5.10 Å². The maximum Gasteiger partial charge on any atom is 0.114 e. The van der Waals surface area contributed by atoms with Crippen molar-refractivity contribution < 1.29 is 5.11 Å². The lowest BCUT2D eigenvalue weighted by Crippen LogP contribution is -2.07. The molecule has 14 heavy (non-hydrogen) atoms. The number of nitrogens with one attached hydrogen (secondary N) is 1. The van der Waals surface area contributed by atoms with Crippen molar-refractivity contribution in [1.29, 1.82) is 0 Å². The fraction of sp³-hybridized carbons (Fsp3) is 0.333. The second-order valence-corrected chi connectivity index (χ2v) is 3.10. The Balaban J connectivity index is 2.42. The maximum absolute atomic E-state index is 9.72. The number of hydrogen-bond donors (Lipinski definition) is 3. The van der Waals surface area contributed by atoms with Crippen molar-refractivity contribution in [3.05, 3.63) is 24.0 Å². The third-order valence-corrected chi connectivity index (χ3v) is 2.11. The number of pyridine rings is 1. The molecule has 0 spiro atoms. The molecule has 0 fully saturated rings. The van der Waals surface area contributed by atoms with Gasteiger partial charge in [-0.25, -0.2) is 0 Å². The van der Waals surface area contributed by atoms with Crippen molar-refractivity contribution >= 4 is 11.0 Å². The molecular weight excluding hydrogens is 180 g/mol. The molecule has 4 N–H and O–H groups in total. The summed E-state index contributed by atoms with van der Waals surface area (Å²) in [5.74, 6) is 0. The number of rotatable bonds is 3. The summed E-state index contributed by atoms with van der Waals surface area (Å²) in [6.07, 6.45) is 1.57. The predicted octanol–water partition coefficient (Wildman–Crippen LogP) is 0.340. The number of nitrogens with two attached hydrogens (primary N) is 1. The van der Waals surface area contributed by atoms with Crippen molar-refractivity contribution in [2.75, 3.05) is 6.54 Å². The second kappa shape index (κ2) is 3.73. The monoisotopic (exact) mass is 192 g/mol. The van der Waals surface area contributed by atoms with Gasteiger partial charge in [0.2, 0.25) is 0 Å². The standard InChI is InChI=1S/C9H12N4O/c10-4-3-7(14)9-8-6(12-13-9)2-1-5-11-8/h1-2,5,7,14H,3-4,10H2,(H,12,13). The van der Waals surface area contributed by atoms with Crippen molar-refractivity contribution in [3.8, 4) is 0 Å². The van der Waals surface area contributed by atoms with Gasteiger partial charge in [0.15, 0.2) is 0 Å². The van der Waals surface area contributed by atoms with Gasteiger partial charge in [-0.1, -0.05) is 0 Å². The number of aliphatic hydroxyl groups excluding tert-OH is 1. The minimum Gasteiger partial charge on any atom is -0.387 e. The molecule has 5 nitrogen and oxygen atoms in total. The summed E-state index contributed by atoms with van der Waals surface area (Å²) in [5.41, 5.74) is 7.49. The quantitative estimate of drug-likeness (QED) is 0.654. The van der Waals surface area contributed by atoms with Crippen molar-refractivity contribution in [2.45, 2.75) is 12.5 Å². The molecule has 2 heterocycles. The van der Waals surface area contributed by atoms with Crippen LogP contribution in [-0.2, 0) is 0 Å². The summed E-state index contributed by atoms with van der Waals surface area (Å²) in [6, 6.07) is 3.65. The number of hydrogen-bond acceptors (Lipinski definition) is 4. The molecule has 2 aromatic rings. The molecule has 2 rings (SSSR count). The van der Waals surface area contributed by atoms with Crippen LogP contribution in [-0.4, -0.2) is 26.8 Å². The molecule has 0 aliphatic carbocycles. The topological polar surface area (TPSA) is 87.8 Å². The lowest BCUT2D eigenvalue weighted by atomic mass is 10.1. The van der Waals surface area contributed by atoms with Gasteiger partial charge in [0.1, 0.15) is 11.0 Å². The first-order valence-electron chi connectivity index (χ1n) is 4.50.